The van der Waals surface area contributed by atoms with Crippen molar-refractivity contribution in [3.8, 4) is 23.3 Å². The number of nitrogens with two attached hydrogens (primary N) is 1. The summed E-state index contributed by atoms with van der Waals surface area (Å²) in [6, 6.07) is 19.8. The summed E-state index contributed by atoms with van der Waals surface area (Å²) in [5, 5.41) is 29.5. The summed E-state index contributed by atoms with van der Waals surface area (Å²) in [5.74, 6) is -0.433. The van der Waals surface area contributed by atoms with Crippen molar-refractivity contribution < 1.29 is 13.2 Å². The van der Waals surface area contributed by atoms with E-state index in [9.17, 15) is 23.7 Å². The van der Waals surface area contributed by atoms with Gasteiger partial charge in [-0.05, 0) is 55.3 Å². The van der Waals surface area contributed by atoms with Crippen LogP contribution in [0.1, 0.15) is 30.0 Å². The van der Waals surface area contributed by atoms with E-state index in [1.165, 1.54) is 36.4 Å². The van der Waals surface area contributed by atoms with Gasteiger partial charge in [0.05, 0.1) is 15.7 Å². The largest absolute Gasteiger partial charge is 0.383 e. The van der Waals surface area contributed by atoms with Crippen LogP contribution in [0.2, 0.25) is 5.15 Å². The molecule has 0 saturated heterocycles. The molecule has 2 aromatic carbocycles. The molecule has 11 nitrogen and oxygen atoms in total. The molecular weight excluding hydrogens is 596 g/mol. The summed E-state index contributed by atoms with van der Waals surface area (Å²) in [6.45, 7) is 3.73. The Morgan fingerprint density at radius 2 is 1.69 bits per heavy atom. The van der Waals surface area contributed by atoms with Crippen LogP contribution in [0, 0.1) is 29.6 Å². The van der Waals surface area contributed by atoms with Crippen LogP contribution in [0.15, 0.2) is 70.6 Å². The number of nitriles is 2. The molecule has 0 bridgehead atoms. The Balaban J connectivity index is 1.55. The molecule has 2 heterocycles. The molecular formula is C28H23ClN8O3S2. The first-order valence-electron chi connectivity index (χ1n) is 12.4. The van der Waals surface area contributed by atoms with E-state index in [2.05, 4.69) is 31.3 Å². The van der Waals surface area contributed by atoms with E-state index in [1.807, 2.05) is 25.1 Å². The number of nitrogen functional groups attached to an aromatic ring is 1. The molecule has 0 spiro atoms. The number of thioether (sulfide) groups is 1. The van der Waals surface area contributed by atoms with Gasteiger partial charge in [0, 0.05) is 11.3 Å². The minimum Gasteiger partial charge on any atom is -0.383 e. The Morgan fingerprint density at radius 1 is 1.02 bits per heavy atom. The fraction of sp³-hybridized carbons (Fsp3) is 0.143. The van der Waals surface area contributed by atoms with E-state index in [1.54, 1.807) is 19.1 Å². The highest BCUT2D eigenvalue weighted by Gasteiger charge is 2.26. The number of nitrogens with one attached hydrogen (secondary N) is 2. The normalized spacial score (nSPS) is 11.6. The van der Waals surface area contributed by atoms with Crippen molar-refractivity contribution in [2.45, 2.75) is 35.4 Å². The van der Waals surface area contributed by atoms with Gasteiger partial charge in [0.25, 0.3) is 10.0 Å². The minimum absolute atomic E-state index is 0.00101. The maximum absolute atomic E-state index is 13.2. The molecule has 0 aliphatic carbocycles. The lowest BCUT2D eigenvalue weighted by Gasteiger charge is -2.18. The second kappa shape index (κ2) is 12.9. The lowest BCUT2D eigenvalue weighted by Crippen LogP contribution is -2.25. The van der Waals surface area contributed by atoms with Gasteiger partial charge in [0.15, 0.2) is 11.0 Å². The third-order valence-corrected chi connectivity index (χ3v) is 8.90. The topological polar surface area (TPSA) is 188 Å². The second-order valence-corrected chi connectivity index (χ2v) is 12.2. The fourth-order valence-corrected chi connectivity index (χ4v) is 5.97. The van der Waals surface area contributed by atoms with Crippen LogP contribution in [0.4, 0.5) is 17.3 Å². The highest BCUT2D eigenvalue weighted by atomic mass is 35.5. The predicted molar refractivity (Wildman–Crippen MR) is 161 cm³/mol. The van der Waals surface area contributed by atoms with Crippen LogP contribution in [-0.2, 0) is 14.8 Å². The van der Waals surface area contributed by atoms with E-state index < -0.39 is 21.2 Å². The standard InChI is InChI=1S/C28H23ClN8O3S2/c1-3-22(41-28-21(15-31)25(20(14-30)26(32)34-28)17-6-4-16(2)5-7-17)27(38)33-18-8-10-19(11-9-18)42(39,40)37-24-13-12-23(29)35-36-24/h4-13,22H,3H2,1-2H3,(H2,32,34)(H,33,38)(H,36,37). The van der Waals surface area contributed by atoms with Gasteiger partial charge in [-0.15, -0.1) is 10.2 Å². The highest BCUT2D eigenvalue weighted by molar-refractivity contribution is 8.00. The van der Waals surface area contributed by atoms with Crippen molar-refractivity contribution in [1.29, 1.82) is 10.5 Å². The third kappa shape index (κ3) is 6.78. The summed E-state index contributed by atoms with van der Waals surface area (Å²) in [4.78, 5) is 17.5. The zero-order valence-electron chi connectivity index (χ0n) is 22.3. The molecule has 4 N–H and O–H groups in total. The van der Waals surface area contributed by atoms with Crippen LogP contribution in [0.25, 0.3) is 11.1 Å². The number of benzene rings is 2. The second-order valence-electron chi connectivity index (χ2n) is 8.89. The molecule has 0 aliphatic rings. The Morgan fingerprint density at radius 3 is 2.26 bits per heavy atom. The number of nitrogens with zero attached hydrogens (tertiary/aromatic N) is 5. The van der Waals surface area contributed by atoms with Crippen molar-refractivity contribution >= 4 is 56.6 Å². The smallest absolute Gasteiger partial charge is 0.263 e. The molecule has 0 aliphatic heterocycles. The number of sulfonamides is 1. The summed E-state index contributed by atoms with van der Waals surface area (Å²) in [5.41, 5.74) is 8.72. The zero-order chi connectivity index (χ0) is 30.4. The first-order valence-corrected chi connectivity index (χ1v) is 15.1. The molecule has 2 aromatic heterocycles. The van der Waals surface area contributed by atoms with Crippen molar-refractivity contribution in [2.75, 3.05) is 15.8 Å². The Hall–Kier alpha value is -4.69. The van der Waals surface area contributed by atoms with Crippen LogP contribution >= 0.6 is 23.4 Å². The van der Waals surface area contributed by atoms with Crippen LogP contribution in [0.5, 0.6) is 0 Å². The Kier molecular flexibility index (Phi) is 9.28. The van der Waals surface area contributed by atoms with Crippen LogP contribution in [-0.4, -0.2) is 34.8 Å². The van der Waals surface area contributed by atoms with E-state index in [-0.39, 0.29) is 37.8 Å². The molecule has 14 heteroatoms. The van der Waals surface area contributed by atoms with Gasteiger partial charge >= 0.3 is 0 Å². The number of aromatic nitrogens is 3. The lowest BCUT2D eigenvalue weighted by molar-refractivity contribution is -0.115. The predicted octanol–water partition coefficient (Wildman–Crippen LogP) is 5.14. The van der Waals surface area contributed by atoms with Gasteiger partial charge < -0.3 is 11.1 Å². The maximum atomic E-state index is 13.2. The van der Waals surface area contributed by atoms with Crippen LogP contribution < -0.4 is 15.8 Å². The molecule has 0 radical (unpaired) electrons. The number of pyridine rings is 1. The lowest BCUT2D eigenvalue weighted by atomic mass is 9.96. The number of carbonyl (C=O) groups excluding carboxylic acids is 1. The van der Waals surface area contributed by atoms with Crippen molar-refractivity contribution in [1.82, 2.24) is 15.2 Å². The minimum atomic E-state index is -3.97. The molecule has 0 saturated carbocycles. The Bertz CT molecular complexity index is 1820. The van der Waals surface area contributed by atoms with Crippen molar-refractivity contribution in [2.24, 2.45) is 0 Å². The first-order chi connectivity index (χ1) is 20.1. The van der Waals surface area contributed by atoms with Gasteiger partial charge in [-0.2, -0.15) is 10.5 Å². The summed E-state index contributed by atoms with van der Waals surface area (Å²) in [7, 11) is -3.97. The van der Waals surface area contributed by atoms with Gasteiger partial charge in [0.2, 0.25) is 5.91 Å². The fourth-order valence-electron chi connectivity index (χ4n) is 3.86. The summed E-state index contributed by atoms with van der Waals surface area (Å²) >= 11 is 6.75. The molecule has 1 amide bonds. The molecule has 4 rings (SSSR count). The third-order valence-electron chi connectivity index (χ3n) is 5.98. The SMILES string of the molecule is CCC(Sc1nc(N)c(C#N)c(-c2ccc(C)cc2)c1C#N)C(=O)Nc1ccc(S(=O)(=O)Nc2ccc(Cl)nn2)cc1. The number of halogens is 1. The molecule has 1 atom stereocenters. The summed E-state index contributed by atoms with van der Waals surface area (Å²) < 4.78 is 27.7. The zero-order valence-corrected chi connectivity index (χ0v) is 24.7. The number of rotatable bonds is 9. The number of aryl methyl sites for hydroxylation is 1. The highest BCUT2D eigenvalue weighted by Crippen LogP contribution is 2.38. The van der Waals surface area contributed by atoms with Gasteiger partial charge in [-0.25, -0.2) is 13.4 Å². The van der Waals surface area contributed by atoms with E-state index >= 15 is 0 Å². The van der Waals surface area contributed by atoms with Gasteiger partial charge in [0.1, 0.15) is 28.5 Å². The van der Waals surface area contributed by atoms with Crippen LogP contribution in [0.3, 0.4) is 0 Å². The molecule has 1 unspecified atom stereocenters. The first kappa shape index (κ1) is 30.3. The quantitative estimate of drug-likeness (QED) is 0.212. The Labute approximate surface area is 251 Å². The molecule has 212 valence electrons. The van der Waals surface area contributed by atoms with Gasteiger partial charge in [-0.1, -0.05) is 60.1 Å². The van der Waals surface area contributed by atoms with Crippen molar-refractivity contribution in [3.63, 3.8) is 0 Å². The van der Waals surface area contributed by atoms with Crippen molar-refractivity contribution in [3.05, 3.63) is 82.5 Å². The van der Waals surface area contributed by atoms with Gasteiger partial charge in [-0.3, -0.25) is 9.52 Å². The number of carbonyl (C=O) groups is 1. The van der Waals surface area contributed by atoms with E-state index in [0.29, 0.717) is 23.2 Å². The number of hydrogen-bond acceptors (Lipinski definition) is 10. The molecule has 42 heavy (non-hydrogen) atoms. The average Bonchev–Trinajstić information content (AvgIpc) is 2.97. The summed E-state index contributed by atoms with van der Waals surface area (Å²) in [6.07, 6.45) is 0.376. The number of hydrogen-bond donors (Lipinski definition) is 3. The maximum Gasteiger partial charge on any atom is 0.263 e. The molecule has 0 fully saturated rings. The van der Waals surface area contributed by atoms with E-state index in [4.69, 9.17) is 17.3 Å². The van der Waals surface area contributed by atoms with E-state index in [0.717, 1.165) is 17.3 Å². The molecule has 4 aromatic rings. The number of anilines is 3. The average molecular weight is 619 g/mol. The number of amides is 1. The monoisotopic (exact) mass is 618 g/mol.